The summed E-state index contributed by atoms with van der Waals surface area (Å²) in [6.07, 6.45) is 1.64. The van der Waals surface area contributed by atoms with Crippen LogP contribution in [0.15, 0.2) is 48.8 Å². The number of imidazole rings is 1. The molecule has 0 fully saturated rings. The Morgan fingerprint density at radius 1 is 1.14 bits per heavy atom. The van der Waals surface area contributed by atoms with Crippen molar-refractivity contribution in [3.63, 3.8) is 0 Å². The number of aryl methyl sites for hydroxylation is 2. The van der Waals surface area contributed by atoms with Crippen molar-refractivity contribution in [3.8, 4) is 0 Å². The molecule has 2 heterocycles. The van der Waals surface area contributed by atoms with Crippen LogP contribution in [-0.2, 0) is 22.6 Å². The summed E-state index contributed by atoms with van der Waals surface area (Å²) < 4.78 is 22.0. The molecule has 0 bridgehead atoms. The summed E-state index contributed by atoms with van der Waals surface area (Å²) in [5, 5.41) is 7.23. The first-order valence-electron chi connectivity index (χ1n) is 11.5. The van der Waals surface area contributed by atoms with Gasteiger partial charge in [-0.1, -0.05) is 12.1 Å². The van der Waals surface area contributed by atoms with Gasteiger partial charge in [0.2, 0.25) is 5.91 Å². The maximum Gasteiger partial charge on any atom is 0.255 e. The maximum absolute atomic E-state index is 13.6. The lowest BCUT2D eigenvalue weighted by Crippen LogP contribution is -2.31. The molecule has 0 unspecified atom stereocenters. The number of likely N-dealkylation sites (N-methyl/N-ethyl adjacent to an activating group) is 1. The summed E-state index contributed by atoms with van der Waals surface area (Å²) in [6, 6.07) is 11.6. The first-order valence-corrected chi connectivity index (χ1v) is 11.5. The zero-order valence-electron chi connectivity index (χ0n) is 20.8. The van der Waals surface area contributed by atoms with Crippen LogP contribution in [0, 0.1) is 19.7 Å². The normalized spacial score (nSPS) is 11.1. The quantitative estimate of drug-likeness (QED) is 0.387. The van der Waals surface area contributed by atoms with Crippen LogP contribution in [0.4, 0.5) is 10.1 Å². The van der Waals surface area contributed by atoms with Crippen molar-refractivity contribution in [1.29, 1.82) is 0 Å². The zero-order valence-corrected chi connectivity index (χ0v) is 20.8. The number of nitrogens with one attached hydrogen (secondary N) is 1. The summed E-state index contributed by atoms with van der Waals surface area (Å²) in [5.41, 5.74) is 4.85. The minimum Gasteiger partial charge on any atom is -0.375 e. The highest BCUT2D eigenvalue weighted by atomic mass is 19.1. The van der Waals surface area contributed by atoms with E-state index in [2.05, 4.69) is 15.4 Å². The zero-order chi connectivity index (χ0) is 25.8. The van der Waals surface area contributed by atoms with Crippen LogP contribution in [0.1, 0.15) is 27.3 Å². The van der Waals surface area contributed by atoms with Gasteiger partial charge in [-0.25, -0.2) is 9.37 Å². The van der Waals surface area contributed by atoms with Crippen LogP contribution in [0.5, 0.6) is 0 Å². The molecule has 2 aromatic heterocycles. The number of nitrogens with zero attached hydrogens (tertiary/aromatic N) is 5. The number of aromatic nitrogens is 4. The molecule has 1 N–H and O–H groups in total. The Kier molecular flexibility index (Phi) is 7.44. The van der Waals surface area contributed by atoms with Gasteiger partial charge in [0.25, 0.3) is 5.91 Å². The third kappa shape index (κ3) is 5.60. The Bertz CT molecular complexity index is 1390. The maximum atomic E-state index is 13.6. The van der Waals surface area contributed by atoms with Crippen LogP contribution in [0.3, 0.4) is 0 Å². The summed E-state index contributed by atoms with van der Waals surface area (Å²) in [4.78, 5) is 31.9. The molecule has 0 spiro atoms. The summed E-state index contributed by atoms with van der Waals surface area (Å²) in [6.45, 7) is 5.19. The number of rotatable bonds is 9. The lowest BCUT2D eigenvalue weighted by Gasteiger charge is -2.20. The van der Waals surface area contributed by atoms with Gasteiger partial charge in [-0.2, -0.15) is 5.10 Å². The Labute approximate surface area is 208 Å². The molecule has 0 aliphatic carbocycles. The van der Waals surface area contributed by atoms with E-state index in [0.717, 1.165) is 17.0 Å². The number of methoxy groups -OCH3 is 1. The molecule has 4 rings (SSSR count). The molecule has 188 valence electrons. The number of hydrogen-bond donors (Lipinski definition) is 1. The second-order valence-electron chi connectivity index (χ2n) is 8.75. The highest BCUT2D eigenvalue weighted by Gasteiger charge is 2.21. The molecule has 2 aromatic carbocycles. The van der Waals surface area contributed by atoms with E-state index in [0.29, 0.717) is 41.9 Å². The van der Waals surface area contributed by atoms with E-state index in [1.165, 1.54) is 19.2 Å². The minimum absolute atomic E-state index is 0.108. The molecular formula is C26H29FN6O3. The van der Waals surface area contributed by atoms with Crippen LogP contribution in [0.25, 0.3) is 11.0 Å². The van der Waals surface area contributed by atoms with Gasteiger partial charge in [0.1, 0.15) is 12.4 Å². The Balaban J connectivity index is 1.67. The molecule has 0 saturated heterocycles. The van der Waals surface area contributed by atoms with Gasteiger partial charge in [-0.3, -0.25) is 14.3 Å². The third-order valence-corrected chi connectivity index (χ3v) is 5.87. The number of amides is 2. The molecule has 0 aliphatic heterocycles. The predicted octanol–water partition coefficient (Wildman–Crippen LogP) is 3.39. The highest BCUT2D eigenvalue weighted by molar-refractivity contribution is 6.07. The molecule has 0 atom stereocenters. The smallest absolute Gasteiger partial charge is 0.255 e. The van der Waals surface area contributed by atoms with Crippen LogP contribution in [-0.4, -0.2) is 63.4 Å². The second kappa shape index (κ2) is 10.7. The minimum atomic E-state index is -0.334. The van der Waals surface area contributed by atoms with Crippen molar-refractivity contribution in [2.45, 2.75) is 26.9 Å². The Hall–Kier alpha value is -4.05. The van der Waals surface area contributed by atoms with Crippen molar-refractivity contribution < 1.29 is 18.7 Å². The molecule has 2 amide bonds. The molecule has 36 heavy (non-hydrogen) atoms. The lowest BCUT2D eigenvalue weighted by molar-refractivity contribution is -0.119. The van der Waals surface area contributed by atoms with E-state index < -0.39 is 0 Å². The van der Waals surface area contributed by atoms with Crippen LogP contribution < -0.4 is 5.32 Å². The van der Waals surface area contributed by atoms with E-state index in [1.807, 2.05) is 29.2 Å². The van der Waals surface area contributed by atoms with Gasteiger partial charge in [0, 0.05) is 38.6 Å². The van der Waals surface area contributed by atoms with Crippen molar-refractivity contribution in [1.82, 2.24) is 24.2 Å². The summed E-state index contributed by atoms with van der Waals surface area (Å²) in [7, 11) is 3.17. The average molecular weight is 493 g/mol. The van der Waals surface area contributed by atoms with Crippen molar-refractivity contribution in [3.05, 3.63) is 77.1 Å². The molecule has 0 radical (unpaired) electrons. The molecular weight excluding hydrogens is 463 g/mol. The molecule has 0 saturated carbocycles. The van der Waals surface area contributed by atoms with E-state index in [-0.39, 0.29) is 24.2 Å². The van der Waals surface area contributed by atoms with E-state index >= 15 is 0 Å². The summed E-state index contributed by atoms with van der Waals surface area (Å²) >= 11 is 0. The number of halogens is 1. The molecule has 4 aromatic rings. The SMILES string of the molecule is COCC(=O)Nc1cc(C(=O)N(C)CCn2nc(C)cc2C)c2c(c1)ncn2Cc1ccc(F)cc1. The van der Waals surface area contributed by atoms with Gasteiger partial charge < -0.3 is 19.5 Å². The fourth-order valence-electron chi connectivity index (χ4n) is 4.13. The molecule has 0 aliphatic rings. The number of ether oxygens (including phenoxy) is 1. The van der Waals surface area contributed by atoms with Gasteiger partial charge in [-0.15, -0.1) is 0 Å². The van der Waals surface area contributed by atoms with Gasteiger partial charge in [0.15, 0.2) is 0 Å². The topological polar surface area (TPSA) is 94.3 Å². The second-order valence-corrected chi connectivity index (χ2v) is 8.75. The number of benzene rings is 2. The van der Waals surface area contributed by atoms with Crippen molar-refractivity contribution in [2.75, 3.05) is 32.6 Å². The molecule has 10 heteroatoms. The average Bonchev–Trinajstić information content (AvgIpc) is 3.39. The number of hydrogen-bond acceptors (Lipinski definition) is 5. The van der Waals surface area contributed by atoms with Crippen molar-refractivity contribution in [2.24, 2.45) is 0 Å². The van der Waals surface area contributed by atoms with Gasteiger partial charge in [0.05, 0.1) is 35.2 Å². The third-order valence-electron chi connectivity index (χ3n) is 5.87. The fraction of sp³-hybridized carbons (Fsp3) is 0.308. The van der Waals surface area contributed by atoms with E-state index in [9.17, 15) is 14.0 Å². The van der Waals surface area contributed by atoms with Crippen LogP contribution in [0.2, 0.25) is 0 Å². The predicted molar refractivity (Wildman–Crippen MR) is 134 cm³/mol. The first-order chi connectivity index (χ1) is 17.2. The lowest BCUT2D eigenvalue weighted by atomic mass is 10.1. The Morgan fingerprint density at radius 2 is 1.89 bits per heavy atom. The van der Waals surface area contributed by atoms with Gasteiger partial charge >= 0.3 is 0 Å². The standard InChI is InChI=1S/C26H29FN6O3/c1-17-11-18(2)33(30-17)10-9-31(3)26(35)22-12-21(29-24(34)15-36-4)13-23-25(22)32(16-28-23)14-19-5-7-20(27)8-6-19/h5-8,11-13,16H,9-10,14-15H2,1-4H3,(H,29,34). The number of fused-ring (bicyclic) bond motifs is 1. The van der Waals surface area contributed by atoms with E-state index in [4.69, 9.17) is 4.74 Å². The highest BCUT2D eigenvalue weighted by Crippen LogP contribution is 2.26. The molecule has 9 nitrogen and oxygen atoms in total. The number of anilines is 1. The van der Waals surface area contributed by atoms with E-state index in [1.54, 1.807) is 42.5 Å². The number of carbonyl (C=O) groups is 2. The van der Waals surface area contributed by atoms with Crippen molar-refractivity contribution >= 4 is 28.5 Å². The largest absolute Gasteiger partial charge is 0.375 e. The van der Waals surface area contributed by atoms with Gasteiger partial charge in [-0.05, 0) is 49.7 Å². The summed E-state index contributed by atoms with van der Waals surface area (Å²) in [5.74, 6) is -0.866. The first kappa shape index (κ1) is 25.1. The monoisotopic (exact) mass is 492 g/mol. The number of carbonyl (C=O) groups excluding carboxylic acids is 2. The van der Waals surface area contributed by atoms with Crippen LogP contribution >= 0.6 is 0 Å². The fourth-order valence-corrected chi connectivity index (χ4v) is 4.13. The Morgan fingerprint density at radius 3 is 2.56 bits per heavy atom.